The zero-order valence-corrected chi connectivity index (χ0v) is 13.2. The van der Waals surface area contributed by atoms with Crippen LogP contribution in [-0.4, -0.2) is 45.1 Å². The molecule has 3 N–H and O–H groups in total. The molecular weight excluding hydrogens is 280 g/mol. The Balaban J connectivity index is 1.65. The van der Waals surface area contributed by atoms with Gasteiger partial charge in [-0.1, -0.05) is 0 Å². The maximum atomic E-state index is 6.12. The Kier molecular flexibility index (Phi) is 4.33. The lowest BCUT2D eigenvalue weighted by Gasteiger charge is -2.30. The van der Waals surface area contributed by atoms with Gasteiger partial charge in [0.1, 0.15) is 5.75 Å². The summed E-state index contributed by atoms with van der Waals surface area (Å²) in [6.45, 7) is 3.07. The van der Waals surface area contributed by atoms with Crippen LogP contribution in [0, 0.1) is 5.92 Å². The Bertz CT molecular complexity index is 555. The summed E-state index contributed by atoms with van der Waals surface area (Å²) in [5.74, 6) is 0.362. The SMILES string of the molecule is COC1(N)N=CNc2cc(OCC3CCN(C)CC3)ccc21. The van der Waals surface area contributed by atoms with Gasteiger partial charge < -0.3 is 19.7 Å². The molecular formula is C16H24N4O2. The summed E-state index contributed by atoms with van der Waals surface area (Å²) in [7, 11) is 3.72. The van der Waals surface area contributed by atoms with E-state index in [1.165, 1.54) is 12.8 Å². The molecule has 0 radical (unpaired) electrons. The number of benzene rings is 1. The Morgan fingerprint density at radius 2 is 2.18 bits per heavy atom. The van der Waals surface area contributed by atoms with Crippen LogP contribution in [0.2, 0.25) is 0 Å². The summed E-state index contributed by atoms with van der Waals surface area (Å²) in [6.07, 6.45) is 3.95. The van der Waals surface area contributed by atoms with Crippen LogP contribution in [0.25, 0.3) is 0 Å². The van der Waals surface area contributed by atoms with E-state index in [0.717, 1.165) is 36.7 Å². The van der Waals surface area contributed by atoms with Gasteiger partial charge in [-0.25, -0.2) is 4.99 Å². The predicted molar refractivity (Wildman–Crippen MR) is 87.1 cm³/mol. The van der Waals surface area contributed by atoms with E-state index in [-0.39, 0.29) is 0 Å². The monoisotopic (exact) mass is 304 g/mol. The zero-order chi connectivity index (χ0) is 15.6. The quantitative estimate of drug-likeness (QED) is 0.826. The molecule has 0 amide bonds. The molecule has 2 aliphatic rings. The third-order valence-electron chi connectivity index (χ3n) is 4.49. The molecule has 22 heavy (non-hydrogen) atoms. The summed E-state index contributed by atoms with van der Waals surface area (Å²) < 4.78 is 11.3. The van der Waals surface area contributed by atoms with Crippen LogP contribution in [0.15, 0.2) is 23.2 Å². The first-order valence-corrected chi connectivity index (χ1v) is 7.71. The Hall–Kier alpha value is -1.63. The summed E-state index contributed by atoms with van der Waals surface area (Å²) in [6, 6.07) is 5.79. The lowest BCUT2D eigenvalue weighted by molar-refractivity contribution is -0.00115. The van der Waals surface area contributed by atoms with Crippen molar-refractivity contribution in [1.29, 1.82) is 0 Å². The van der Waals surface area contributed by atoms with Gasteiger partial charge in [-0.3, -0.25) is 5.73 Å². The molecule has 0 saturated carbocycles. The molecule has 1 aromatic carbocycles. The number of hydrogen-bond acceptors (Lipinski definition) is 6. The van der Waals surface area contributed by atoms with Gasteiger partial charge in [-0.15, -0.1) is 0 Å². The molecule has 1 saturated heterocycles. The topological polar surface area (TPSA) is 72.1 Å². The van der Waals surface area contributed by atoms with Crippen molar-refractivity contribution in [1.82, 2.24) is 4.90 Å². The maximum absolute atomic E-state index is 6.12. The Morgan fingerprint density at radius 3 is 2.91 bits per heavy atom. The average Bonchev–Trinajstić information content (AvgIpc) is 2.54. The largest absolute Gasteiger partial charge is 0.493 e. The van der Waals surface area contributed by atoms with E-state index in [2.05, 4.69) is 22.3 Å². The van der Waals surface area contributed by atoms with E-state index >= 15 is 0 Å². The van der Waals surface area contributed by atoms with E-state index in [4.69, 9.17) is 15.2 Å². The second-order valence-corrected chi connectivity index (χ2v) is 6.07. The number of nitrogens with one attached hydrogen (secondary N) is 1. The molecule has 3 rings (SSSR count). The summed E-state index contributed by atoms with van der Waals surface area (Å²) >= 11 is 0. The van der Waals surface area contributed by atoms with Crippen molar-refractivity contribution in [2.75, 3.05) is 39.2 Å². The van der Waals surface area contributed by atoms with Crippen molar-refractivity contribution in [2.45, 2.75) is 18.7 Å². The first kappa shape index (κ1) is 15.3. The van der Waals surface area contributed by atoms with Gasteiger partial charge in [0.15, 0.2) is 0 Å². The third kappa shape index (κ3) is 3.09. The fourth-order valence-electron chi connectivity index (χ4n) is 2.92. The molecule has 120 valence electrons. The molecule has 1 atom stereocenters. The van der Waals surface area contributed by atoms with Crippen molar-refractivity contribution in [3.05, 3.63) is 23.8 Å². The van der Waals surface area contributed by atoms with Gasteiger partial charge in [-0.2, -0.15) is 0 Å². The Labute approximate surface area is 131 Å². The number of aliphatic imine (C=N–C) groups is 1. The molecule has 6 nitrogen and oxygen atoms in total. The first-order chi connectivity index (χ1) is 10.6. The van der Waals surface area contributed by atoms with Crippen LogP contribution in [0.1, 0.15) is 18.4 Å². The lowest BCUT2D eigenvalue weighted by Crippen LogP contribution is -2.40. The van der Waals surface area contributed by atoms with Crippen LogP contribution in [0.4, 0.5) is 5.69 Å². The number of nitrogens with zero attached hydrogens (tertiary/aromatic N) is 2. The molecule has 1 unspecified atom stereocenters. The minimum Gasteiger partial charge on any atom is -0.493 e. The van der Waals surface area contributed by atoms with Crippen molar-refractivity contribution in [2.24, 2.45) is 16.6 Å². The number of rotatable bonds is 4. The average molecular weight is 304 g/mol. The molecule has 2 heterocycles. The lowest BCUT2D eigenvalue weighted by atomic mass is 9.98. The van der Waals surface area contributed by atoms with Crippen LogP contribution >= 0.6 is 0 Å². The van der Waals surface area contributed by atoms with E-state index in [0.29, 0.717) is 5.92 Å². The highest BCUT2D eigenvalue weighted by molar-refractivity contribution is 5.81. The number of likely N-dealkylation sites (tertiary alicyclic amines) is 1. The normalized spacial score (nSPS) is 25.6. The predicted octanol–water partition coefficient (Wildman–Crippen LogP) is 1.58. The second-order valence-electron chi connectivity index (χ2n) is 6.07. The molecule has 1 aromatic rings. The zero-order valence-electron chi connectivity index (χ0n) is 13.2. The molecule has 0 aromatic heterocycles. The molecule has 1 fully saturated rings. The fraction of sp³-hybridized carbons (Fsp3) is 0.562. The van der Waals surface area contributed by atoms with Gasteiger partial charge in [0, 0.05) is 18.7 Å². The molecule has 0 aliphatic carbocycles. The van der Waals surface area contributed by atoms with Gasteiger partial charge in [0.2, 0.25) is 5.85 Å². The molecule has 0 spiro atoms. The van der Waals surface area contributed by atoms with Crippen LogP contribution in [-0.2, 0) is 10.6 Å². The van der Waals surface area contributed by atoms with Crippen LogP contribution in [0.5, 0.6) is 5.75 Å². The second kappa shape index (κ2) is 6.24. The number of methoxy groups -OCH3 is 1. The number of ether oxygens (including phenoxy) is 2. The van der Waals surface area contributed by atoms with Gasteiger partial charge >= 0.3 is 0 Å². The number of fused-ring (bicyclic) bond motifs is 1. The highest BCUT2D eigenvalue weighted by Crippen LogP contribution is 2.33. The molecule has 6 heteroatoms. The highest BCUT2D eigenvalue weighted by Gasteiger charge is 2.31. The molecule has 0 bridgehead atoms. The summed E-state index contributed by atoms with van der Waals surface area (Å²) in [5.41, 5.74) is 7.80. The number of anilines is 1. The van der Waals surface area contributed by atoms with E-state index < -0.39 is 5.85 Å². The van der Waals surface area contributed by atoms with E-state index in [9.17, 15) is 0 Å². The maximum Gasteiger partial charge on any atom is 0.243 e. The highest BCUT2D eigenvalue weighted by atomic mass is 16.5. The van der Waals surface area contributed by atoms with Crippen molar-refractivity contribution in [3.8, 4) is 5.75 Å². The fourth-order valence-corrected chi connectivity index (χ4v) is 2.92. The smallest absolute Gasteiger partial charge is 0.243 e. The molecule has 2 aliphatic heterocycles. The standard InChI is InChI=1S/C16H24N4O2/c1-20-7-5-12(6-8-20)10-22-13-3-4-14-15(9-13)18-11-19-16(14,17)21-2/h3-4,9,11-12H,5-8,10,17H2,1-2H3,(H,18,19). The minimum absolute atomic E-state index is 0.634. The van der Waals surface area contributed by atoms with Gasteiger partial charge in [-0.05, 0) is 51.0 Å². The van der Waals surface area contributed by atoms with Gasteiger partial charge in [0.05, 0.1) is 18.6 Å². The minimum atomic E-state index is -1.12. The van der Waals surface area contributed by atoms with Crippen LogP contribution in [0.3, 0.4) is 0 Å². The third-order valence-corrected chi connectivity index (χ3v) is 4.49. The van der Waals surface area contributed by atoms with Crippen LogP contribution < -0.4 is 15.8 Å². The number of piperidine rings is 1. The number of hydrogen-bond donors (Lipinski definition) is 2. The van der Waals surface area contributed by atoms with E-state index in [1.807, 2.05) is 18.2 Å². The first-order valence-electron chi connectivity index (χ1n) is 7.71. The summed E-state index contributed by atoms with van der Waals surface area (Å²) in [5, 5.41) is 3.10. The summed E-state index contributed by atoms with van der Waals surface area (Å²) in [4.78, 5) is 6.52. The van der Waals surface area contributed by atoms with E-state index in [1.54, 1.807) is 13.4 Å². The van der Waals surface area contributed by atoms with Crippen molar-refractivity contribution in [3.63, 3.8) is 0 Å². The number of nitrogens with two attached hydrogens (primary N) is 1. The van der Waals surface area contributed by atoms with Gasteiger partial charge in [0.25, 0.3) is 0 Å². The van der Waals surface area contributed by atoms with Crippen molar-refractivity contribution < 1.29 is 9.47 Å². The van der Waals surface area contributed by atoms with Crippen molar-refractivity contribution >= 4 is 12.0 Å². The Morgan fingerprint density at radius 1 is 1.41 bits per heavy atom.